The highest BCUT2D eigenvalue weighted by Gasteiger charge is 2.33. The molecule has 1 saturated heterocycles. The van der Waals surface area contributed by atoms with Crippen molar-refractivity contribution in [3.63, 3.8) is 0 Å². The van der Waals surface area contributed by atoms with Crippen molar-refractivity contribution in [3.8, 4) is 0 Å². The molecule has 0 atom stereocenters. The van der Waals surface area contributed by atoms with Gasteiger partial charge in [-0.1, -0.05) is 13.8 Å². The molecule has 106 valence electrons. The van der Waals surface area contributed by atoms with Crippen LogP contribution in [0.2, 0.25) is 0 Å². The molecule has 7 heteroatoms. The second-order valence-corrected chi connectivity index (χ2v) is 9.40. The molecular weight excluding hydrogens is 306 g/mol. The number of hydrogen-bond donors (Lipinski definition) is 0. The Labute approximate surface area is 121 Å². The van der Waals surface area contributed by atoms with Gasteiger partial charge in [-0.05, 0) is 24.8 Å². The van der Waals surface area contributed by atoms with Gasteiger partial charge in [0.15, 0.2) is 0 Å². The summed E-state index contributed by atoms with van der Waals surface area (Å²) in [7, 11) is 1.56. The van der Waals surface area contributed by atoms with E-state index in [1.165, 1.54) is 17.4 Å². The normalized spacial score (nSPS) is 18.8. The summed E-state index contributed by atoms with van der Waals surface area (Å²) in [6.45, 7) is 7.31. The van der Waals surface area contributed by atoms with E-state index in [-0.39, 0.29) is 16.2 Å². The first-order valence-electron chi connectivity index (χ1n) is 5.94. The van der Waals surface area contributed by atoms with Crippen LogP contribution < -0.4 is 0 Å². The molecule has 1 fully saturated rings. The van der Waals surface area contributed by atoms with E-state index in [0.29, 0.717) is 22.8 Å². The maximum Gasteiger partial charge on any atom is 0.263 e. The van der Waals surface area contributed by atoms with Crippen LogP contribution in [0.15, 0.2) is 11.0 Å². The number of rotatable bonds is 2. The molecule has 4 nitrogen and oxygen atoms in total. The van der Waals surface area contributed by atoms with Crippen molar-refractivity contribution in [1.29, 1.82) is 0 Å². The number of thiophene rings is 1. The lowest BCUT2D eigenvalue weighted by molar-refractivity contribution is 0.0783. The Hall–Kier alpha value is -0.590. The molecule has 1 aliphatic rings. The molecule has 1 aromatic heterocycles. The topological polar surface area (TPSA) is 54.5 Å². The van der Waals surface area contributed by atoms with Crippen molar-refractivity contribution in [2.24, 2.45) is 5.41 Å². The van der Waals surface area contributed by atoms with Crippen molar-refractivity contribution in [1.82, 2.24) is 4.90 Å². The molecule has 2 heterocycles. The van der Waals surface area contributed by atoms with E-state index in [2.05, 4.69) is 13.8 Å². The SMILES string of the molecule is Cc1sc(C(=O)N2CCC(C)(C)C2)cc1S(=O)(=O)Cl. The monoisotopic (exact) mass is 321 g/mol. The van der Waals surface area contributed by atoms with Crippen LogP contribution in [0.3, 0.4) is 0 Å². The minimum atomic E-state index is -3.78. The number of hydrogen-bond acceptors (Lipinski definition) is 4. The Morgan fingerprint density at radius 1 is 1.47 bits per heavy atom. The van der Waals surface area contributed by atoms with Crippen LogP contribution in [-0.2, 0) is 9.05 Å². The van der Waals surface area contributed by atoms with E-state index in [9.17, 15) is 13.2 Å². The number of aryl methyl sites for hydroxylation is 1. The average Bonchev–Trinajstić information content (AvgIpc) is 2.79. The molecule has 1 aromatic rings. The van der Waals surface area contributed by atoms with Gasteiger partial charge in [0.2, 0.25) is 0 Å². The molecule has 1 amide bonds. The van der Waals surface area contributed by atoms with Crippen molar-refractivity contribution >= 4 is 37.0 Å². The average molecular weight is 322 g/mol. The molecular formula is C12H16ClNO3S2. The highest BCUT2D eigenvalue weighted by atomic mass is 35.7. The fraction of sp³-hybridized carbons (Fsp3) is 0.583. The van der Waals surface area contributed by atoms with Gasteiger partial charge in [-0.25, -0.2) is 8.42 Å². The maximum atomic E-state index is 12.3. The third-order valence-electron chi connectivity index (χ3n) is 3.31. The van der Waals surface area contributed by atoms with Gasteiger partial charge in [0, 0.05) is 28.6 Å². The molecule has 0 radical (unpaired) electrons. The second-order valence-electron chi connectivity index (χ2n) is 5.61. The number of carbonyl (C=O) groups excluding carboxylic acids is 1. The number of likely N-dealkylation sites (tertiary alicyclic amines) is 1. The first-order valence-corrected chi connectivity index (χ1v) is 9.07. The van der Waals surface area contributed by atoms with Gasteiger partial charge < -0.3 is 4.90 Å². The van der Waals surface area contributed by atoms with E-state index in [4.69, 9.17) is 10.7 Å². The molecule has 19 heavy (non-hydrogen) atoms. The van der Waals surface area contributed by atoms with E-state index >= 15 is 0 Å². The summed E-state index contributed by atoms with van der Waals surface area (Å²) in [5, 5.41) is 0. The number of carbonyl (C=O) groups is 1. The molecule has 0 aromatic carbocycles. The van der Waals surface area contributed by atoms with Crippen molar-refractivity contribution in [2.45, 2.75) is 32.1 Å². The Morgan fingerprint density at radius 2 is 2.11 bits per heavy atom. The zero-order valence-electron chi connectivity index (χ0n) is 11.1. The van der Waals surface area contributed by atoms with Crippen molar-refractivity contribution in [3.05, 3.63) is 15.8 Å². The Morgan fingerprint density at radius 3 is 2.53 bits per heavy atom. The van der Waals surface area contributed by atoms with Gasteiger partial charge in [-0.3, -0.25) is 4.79 Å². The van der Waals surface area contributed by atoms with Gasteiger partial charge in [-0.15, -0.1) is 11.3 Å². The first kappa shape index (κ1) is 14.8. The highest BCUT2D eigenvalue weighted by Crippen LogP contribution is 2.33. The minimum absolute atomic E-state index is 0.0426. The summed E-state index contributed by atoms with van der Waals surface area (Å²) < 4.78 is 22.7. The quantitative estimate of drug-likeness (QED) is 0.787. The fourth-order valence-corrected chi connectivity index (χ4v) is 4.89. The standard InChI is InChI=1S/C12H16ClNO3S2/c1-8-10(19(13,16)17)6-9(18-8)11(15)14-5-4-12(2,3)7-14/h6H,4-5,7H2,1-3H3. The van der Waals surface area contributed by atoms with Crippen molar-refractivity contribution in [2.75, 3.05) is 13.1 Å². The van der Waals surface area contributed by atoms with Crippen LogP contribution in [0.1, 0.15) is 34.8 Å². The largest absolute Gasteiger partial charge is 0.337 e. The Kier molecular flexibility index (Phi) is 3.70. The second kappa shape index (κ2) is 4.75. The molecule has 0 bridgehead atoms. The van der Waals surface area contributed by atoms with E-state index in [1.807, 2.05) is 0 Å². The maximum absolute atomic E-state index is 12.3. The molecule has 0 aliphatic carbocycles. The van der Waals surface area contributed by atoms with Crippen LogP contribution in [-0.4, -0.2) is 32.3 Å². The van der Waals surface area contributed by atoms with Gasteiger partial charge in [-0.2, -0.15) is 0 Å². The van der Waals surface area contributed by atoms with E-state index in [0.717, 1.165) is 6.42 Å². The summed E-state index contributed by atoms with van der Waals surface area (Å²) in [6.07, 6.45) is 0.962. The molecule has 0 unspecified atom stereocenters. The number of halogens is 1. The zero-order valence-corrected chi connectivity index (χ0v) is 13.5. The number of amides is 1. The lowest BCUT2D eigenvalue weighted by atomic mass is 9.93. The van der Waals surface area contributed by atoms with Gasteiger partial charge in [0.05, 0.1) is 9.77 Å². The summed E-state index contributed by atoms with van der Waals surface area (Å²) in [5.74, 6) is -0.106. The Bertz CT molecular complexity index is 619. The number of nitrogens with zero attached hydrogens (tertiary/aromatic N) is 1. The van der Waals surface area contributed by atoms with Crippen molar-refractivity contribution < 1.29 is 13.2 Å². The smallest absolute Gasteiger partial charge is 0.263 e. The predicted molar refractivity (Wildman–Crippen MR) is 76.4 cm³/mol. The van der Waals surface area contributed by atoms with Crippen LogP contribution in [0, 0.1) is 12.3 Å². The minimum Gasteiger partial charge on any atom is -0.337 e. The van der Waals surface area contributed by atoms with Crippen LogP contribution in [0.4, 0.5) is 0 Å². The van der Waals surface area contributed by atoms with Crippen LogP contribution >= 0.6 is 22.0 Å². The van der Waals surface area contributed by atoms with Gasteiger partial charge >= 0.3 is 0 Å². The van der Waals surface area contributed by atoms with Crippen LogP contribution in [0.25, 0.3) is 0 Å². The van der Waals surface area contributed by atoms with E-state index < -0.39 is 9.05 Å². The lowest BCUT2D eigenvalue weighted by Gasteiger charge is -2.19. The predicted octanol–water partition coefficient (Wildman–Crippen LogP) is 2.86. The molecule has 1 aliphatic heterocycles. The first-order chi connectivity index (χ1) is 8.60. The summed E-state index contributed by atoms with van der Waals surface area (Å²) in [5.41, 5.74) is 0.128. The fourth-order valence-electron chi connectivity index (χ4n) is 2.25. The summed E-state index contributed by atoms with van der Waals surface area (Å²) >= 11 is 1.18. The van der Waals surface area contributed by atoms with Gasteiger partial charge in [0.1, 0.15) is 0 Å². The Balaban J connectivity index is 2.27. The van der Waals surface area contributed by atoms with Gasteiger partial charge in [0.25, 0.3) is 15.0 Å². The summed E-state index contributed by atoms with van der Waals surface area (Å²) in [6, 6.07) is 1.38. The van der Waals surface area contributed by atoms with E-state index in [1.54, 1.807) is 11.8 Å². The molecule has 0 saturated carbocycles. The molecule has 0 spiro atoms. The summed E-state index contributed by atoms with van der Waals surface area (Å²) in [4.78, 5) is 15.1. The zero-order chi connectivity index (χ0) is 14.4. The lowest BCUT2D eigenvalue weighted by Crippen LogP contribution is -2.29. The van der Waals surface area contributed by atoms with Crippen LogP contribution in [0.5, 0.6) is 0 Å². The third-order valence-corrected chi connectivity index (χ3v) is 5.93. The molecule has 0 N–H and O–H groups in total. The highest BCUT2D eigenvalue weighted by molar-refractivity contribution is 8.13. The third kappa shape index (κ3) is 3.12. The molecule has 2 rings (SSSR count).